The number of unbranched alkanes of at least 4 members (excludes halogenated alkanes) is 8. The molecule has 0 atom stereocenters. The van der Waals surface area contributed by atoms with Crippen LogP contribution in [0, 0.1) is 0 Å². The Morgan fingerprint density at radius 1 is 0.793 bits per heavy atom. The van der Waals surface area contributed by atoms with Crippen LogP contribution < -0.4 is 56.1 Å². The van der Waals surface area contributed by atoms with Crippen LogP contribution in [-0.2, 0) is 16.5 Å². The van der Waals surface area contributed by atoms with E-state index in [2.05, 4.69) is 13.0 Å². The smallest absolute Gasteiger partial charge is 0.744 e. The maximum atomic E-state index is 11.0. The Hall–Kier alpha value is -0.214. The average molecular weight is 443 g/mol. The van der Waals surface area contributed by atoms with Crippen LogP contribution in [0.3, 0.4) is 0 Å². The molecule has 0 bridgehead atoms. The van der Waals surface area contributed by atoms with Gasteiger partial charge in [0.05, 0.1) is 4.90 Å². The van der Waals surface area contributed by atoms with Gasteiger partial charge in [-0.1, -0.05) is 70.4 Å². The molecule has 0 saturated heterocycles. The first kappa shape index (κ1) is 26.8. The van der Waals surface area contributed by atoms with Crippen LogP contribution in [0.5, 0.6) is 11.5 Å². The zero-order valence-corrected chi connectivity index (χ0v) is 21.7. The van der Waals surface area contributed by atoms with Crippen molar-refractivity contribution >= 4 is 10.1 Å². The summed E-state index contributed by atoms with van der Waals surface area (Å²) >= 11 is 0. The van der Waals surface area contributed by atoms with E-state index >= 15 is 0 Å². The van der Waals surface area contributed by atoms with Crippen molar-refractivity contribution in [3.05, 3.63) is 54.1 Å². The monoisotopic (exact) mass is 442 g/mol. The molecular weight excluding hydrogens is 411 g/mol. The summed E-state index contributed by atoms with van der Waals surface area (Å²) in [5.41, 5.74) is 1.24. The Labute approximate surface area is 218 Å². The van der Waals surface area contributed by atoms with Crippen LogP contribution >= 0.6 is 0 Å². The molecule has 0 aliphatic heterocycles. The van der Waals surface area contributed by atoms with Crippen molar-refractivity contribution in [2.24, 2.45) is 0 Å². The van der Waals surface area contributed by atoms with Gasteiger partial charge in [-0.25, -0.2) is 8.42 Å². The van der Waals surface area contributed by atoms with Gasteiger partial charge in [0.15, 0.2) is 0 Å². The molecule has 0 N–H and O–H groups in total. The van der Waals surface area contributed by atoms with E-state index < -0.39 is 10.1 Å². The van der Waals surface area contributed by atoms with Gasteiger partial charge in [0.1, 0.15) is 21.6 Å². The third kappa shape index (κ3) is 11.1. The predicted molar refractivity (Wildman–Crippen MR) is 112 cm³/mol. The fourth-order valence-electron chi connectivity index (χ4n) is 3.21. The Morgan fingerprint density at radius 3 is 1.97 bits per heavy atom. The van der Waals surface area contributed by atoms with Gasteiger partial charge >= 0.3 is 51.4 Å². The van der Waals surface area contributed by atoms with Crippen LogP contribution in [-0.4, -0.2) is 13.0 Å². The first-order valence-electron chi connectivity index (χ1n) is 10.3. The molecule has 2 aromatic carbocycles. The standard InChI is InChI=1S/C23H32O4S.K/c1-2-3-4-5-6-7-8-9-10-12-20-13-11-14-22(19-20)27-21-15-17-23(18-16-21)28(24,25)26;/h11,13-19H,2-10,12H2,1H3,(H,24,25,26);/q;+1/p-1. The van der Waals surface area contributed by atoms with E-state index in [4.69, 9.17) is 4.74 Å². The zero-order chi connectivity index (χ0) is 20.2. The van der Waals surface area contributed by atoms with Gasteiger partial charge in [-0.15, -0.1) is 0 Å². The molecule has 0 saturated carbocycles. The largest absolute Gasteiger partial charge is 1.00 e. The van der Waals surface area contributed by atoms with Gasteiger partial charge in [-0.3, -0.25) is 0 Å². The summed E-state index contributed by atoms with van der Waals surface area (Å²) in [5, 5.41) is 0. The van der Waals surface area contributed by atoms with E-state index in [0.717, 1.165) is 6.42 Å². The van der Waals surface area contributed by atoms with E-state index in [1.54, 1.807) is 0 Å². The average Bonchev–Trinajstić information content (AvgIpc) is 2.67. The molecule has 29 heavy (non-hydrogen) atoms. The number of hydrogen-bond acceptors (Lipinski definition) is 4. The van der Waals surface area contributed by atoms with Crippen molar-refractivity contribution < 1.29 is 69.1 Å². The number of rotatable bonds is 13. The summed E-state index contributed by atoms with van der Waals surface area (Å²) in [5.74, 6) is 1.22. The van der Waals surface area contributed by atoms with E-state index in [0.29, 0.717) is 11.5 Å². The molecule has 0 aliphatic rings. The Bertz CT molecular complexity index is 804. The Morgan fingerprint density at radius 2 is 1.38 bits per heavy atom. The summed E-state index contributed by atoms with van der Waals surface area (Å²) < 4.78 is 38.7. The molecule has 2 aromatic rings. The summed E-state index contributed by atoms with van der Waals surface area (Å²) in [4.78, 5) is -0.251. The minimum atomic E-state index is -4.43. The van der Waals surface area contributed by atoms with Crippen LogP contribution in [0.2, 0.25) is 0 Å². The van der Waals surface area contributed by atoms with Gasteiger partial charge in [0, 0.05) is 0 Å². The summed E-state index contributed by atoms with van der Waals surface area (Å²) in [7, 11) is -4.43. The maximum absolute atomic E-state index is 11.0. The van der Waals surface area contributed by atoms with Gasteiger partial charge in [-0.2, -0.15) is 0 Å². The summed E-state index contributed by atoms with van der Waals surface area (Å²) in [6, 6.07) is 13.5. The van der Waals surface area contributed by atoms with Gasteiger partial charge in [0.25, 0.3) is 0 Å². The van der Waals surface area contributed by atoms with Gasteiger partial charge in [0.2, 0.25) is 0 Å². The predicted octanol–water partition coefficient (Wildman–Crippen LogP) is 3.46. The number of ether oxygens (including phenoxy) is 1. The van der Waals surface area contributed by atoms with Crippen LogP contribution in [0.4, 0.5) is 0 Å². The van der Waals surface area contributed by atoms with Crippen LogP contribution in [0.25, 0.3) is 0 Å². The van der Waals surface area contributed by atoms with Crippen molar-refractivity contribution in [1.82, 2.24) is 0 Å². The Kier molecular flexibility index (Phi) is 13.6. The third-order valence-corrected chi connectivity index (χ3v) is 5.67. The van der Waals surface area contributed by atoms with Gasteiger partial charge in [-0.05, 0) is 54.8 Å². The van der Waals surface area contributed by atoms with E-state index in [1.807, 2.05) is 18.2 Å². The quantitative estimate of drug-likeness (QED) is 0.271. The maximum Gasteiger partial charge on any atom is 1.00 e. The normalized spacial score (nSPS) is 11.1. The number of benzene rings is 2. The molecule has 0 aromatic heterocycles. The second kappa shape index (κ2) is 14.7. The van der Waals surface area contributed by atoms with Crippen LogP contribution in [0.15, 0.2) is 53.4 Å². The molecule has 0 aliphatic carbocycles. The van der Waals surface area contributed by atoms with E-state index in [-0.39, 0.29) is 56.3 Å². The van der Waals surface area contributed by atoms with Gasteiger partial charge < -0.3 is 9.29 Å². The molecule has 2 rings (SSSR count). The van der Waals surface area contributed by atoms with Crippen molar-refractivity contribution in [1.29, 1.82) is 0 Å². The molecule has 6 heteroatoms. The molecule has 0 unspecified atom stereocenters. The van der Waals surface area contributed by atoms with Crippen molar-refractivity contribution in [2.75, 3.05) is 0 Å². The fourth-order valence-corrected chi connectivity index (χ4v) is 3.68. The molecule has 0 radical (unpaired) electrons. The fraction of sp³-hybridized carbons (Fsp3) is 0.478. The van der Waals surface area contributed by atoms with Crippen molar-refractivity contribution in [3.8, 4) is 11.5 Å². The molecule has 0 heterocycles. The minimum Gasteiger partial charge on any atom is -0.744 e. The van der Waals surface area contributed by atoms with E-state index in [9.17, 15) is 13.0 Å². The molecule has 4 nitrogen and oxygen atoms in total. The van der Waals surface area contributed by atoms with Crippen molar-refractivity contribution in [2.45, 2.75) is 76.0 Å². The topological polar surface area (TPSA) is 66.4 Å². The summed E-state index contributed by atoms with van der Waals surface area (Å²) in [6.45, 7) is 2.25. The second-order valence-electron chi connectivity index (χ2n) is 7.25. The number of aryl methyl sites for hydroxylation is 1. The second-order valence-corrected chi connectivity index (χ2v) is 8.63. The Balaban J connectivity index is 0.00000420. The minimum absolute atomic E-state index is 0. The first-order valence-corrected chi connectivity index (χ1v) is 11.7. The van der Waals surface area contributed by atoms with Crippen molar-refractivity contribution in [3.63, 3.8) is 0 Å². The molecule has 154 valence electrons. The van der Waals surface area contributed by atoms with E-state index in [1.165, 1.54) is 87.6 Å². The molecule has 0 spiro atoms. The van der Waals surface area contributed by atoms with Crippen LogP contribution in [0.1, 0.15) is 70.3 Å². The number of hydrogen-bond donors (Lipinski definition) is 0. The molecular formula is C23H31KO4S. The summed E-state index contributed by atoms with van der Waals surface area (Å²) in [6.07, 6.45) is 12.9. The zero-order valence-electron chi connectivity index (χ0n) is 17.7. The molecule has 0 amide bonds. The third-order valence-electron chi connectivity index (χ3n) is 4.82. The first-order chi connectivity index (χ1) is 13.5. The SMILES string of the molecule is CCCCCCCCCCCc1cccc(Oc2ccc(S(=O)(=O)[O-])cc2)c1.[K+]. The molecule has 0 fully saturated rings.